The lowest BCUT2D eigenvalue weighted by Gasteiger charge is -2.27. The smallest absolute Gasteiger partial charge is 0.249 e. The van der Waals surface area contributed by atoms with E-state index >= 15 is 0 Å². The average Bonchev–Trinajstić information content (AvgIpc) is 2.61. The summed E-state index contributed by atoms with van der Waals surface area (Å²) in [6.07, 6.45) is -2.54. The SMILES string of the molecule is CC(C)(CO)[C@H](O)C(=O)NCCSSCCNC(=O)[C@H](O)C(C)(C)CO. The number of hydrogen-bond acceptors (Lipinski definition) is 8. The molecule has 2 amide bonds. The monoisotopic (exact) mass is 412 g/mol. The Morgan fingerprint density at radius 3 is 1.38 bits per heavy atom. The average molecular weight is 413 g/mol. The largest absolute Gasteiger partial charge is 0.396 e. The molecule has 0 bridgehead atoms. The summed E-state index contributed by atoms with van der Waals surface area (Å²) in [5, 5.41) is 43.1. The van der Waals surface area contributed by atoms with Gasteiger partial charge in [0.15, 0.2) is 0 Å². The van der Waals surface area contributed by atoms with Crippen molar-refractivity contribution < 1.29 is 30.0 Å². The minimum atomic E-state index is -1.27. The number of carbonyl (C=O) groups excluding carboxylic acids is 2. The van der Waals surface area contributed by atoms with E-state index in [1.165, 1.54) is 21.6 Å². The van der Waals surface area contributed by atoms with Crippen LogP contribution in [-0.4, -0.2) is 82.3 Å². The second kappa shape index (κ2) is 12.0. The van der Waals surface area contributed by atoms with Gasteiger partial charge in [-0.2, -0.15) is 0 Å². The van der Waals surface area contributed by atoms with Crippen molar-refractivity contribution in [1.82, 2.24) is 10.6 Å². The summed E-state index contributed by atoms with van der Waals surface area (Å²) in [7, 11) is 3.01. The summed E-state index contributed by atoms with van der Waals surface area (Å²) in [4.78, 5) is 23.5. The summed E-state index contributed by atoms with van der Waals surface area (Å²) < 4.78 is 0. The van der Waals surface area contributed by atoms with Gasteiger partial charge in [-0.1, -0.05) is 49.3 Å². The summed E-state index contributed by atoms with van der Waals surface area (Å²) in [6.45, 7) is 6.60. The van der Waals surface area contributed by atoms with Gasteiger partial charge in [-0.25, -0.2) is 0 Å². The Morgan fingerprint density at radius 1 is 0.808 bits per heavy atom. The lowest BCUT2D eigenvalue weighted by Crippen LogP contribution is -2.46. The summed E-state index contributed by atoms with van der Waals surface area (Å²) in [5.74, 6) is 0.220. The first kappa shape index (κ1) is 25.5. The zero-order valence-electron chi connectivity index (χ0n) is 15.8. The third kappa shape index (κ3) is 8.92. The first-order valence-corrected chi connectivity index (χ1v) is 10.9. The first-order valence-electron chi connectivity index (χ1n) is 8.37. The molecule has 8 nitrogen and oxygen atoms in total. The second-order valence-electron chi connectivity index (χ2n) is 7.32. The highest BCUT2D eigenvalue weighted by molar-refractivity contribution is 8.76. The van der Waals surface area contributed by atoms with E-state index in [0.29, 0.717) is 24.6 Å². The van der Waals surface area contributed by atoms with E-state index in [4.69, 9.17) is 10.2 Å². The quantitative estimate of drug-likeness (QED) is 0.173. The molecular weight excluding hydrogens is 380 g/mol. The van der Waals surface area contributed by atoms with E-state index in [2.05, 4.69) is 10.6 Å². The zero-order chi connectivity index (χ0) is 20.4. The third-order valence-corrected chi connectivity index (χ3v) is 6.25. The van der Waals surface area contributed by atoms with Gasteiger partial charge in [-0.15, -0.1) is 0 Å². The minimum absolute atomic E-state index is 0.290. The number of rotatable bonds is 13. The van der Waals surface area contributed by atoms with Crippen molar-refractivity contribution in [1.29, 1.82) is 0 Å². The van der Waals surface area contributed by atoms with Gasteiger partial charge in [0.2, 0.25) is 11.8 Å². The summed E-state index contributed by atoms with van der Waals surface area (Å²) >= 11 is 0. The standard InChI is InChI=1S/C16H32N2O6S2/c1-15(2,9-19)11(21)13(23)17-5-7-25-26-8-6-18-14(24)12(22)16(3,4)10-20/h11-12,19-22H,5-10H2,1-4H3,(H,17,23)(H,18,24)/t11-,12+. The Labute approximate surface area is 162 Å². The molecule has 0 aliphatic carbocycles. The number of nitrogens with one attached hydrogen (secondary N) is 2. The molecule has 0 aromatic heterocycles. The van der Waals surface area contributed by atoms with Crippen LogP contribution in [0.5, 0.6) is 0 Å². The van der Waals surface area contributed by atoms with Gasteiger partial charge < -0.3 is 31.1 Å². The van der Waals surface area contributed by atoms with E-state index in [0.717, 1.165) is 0 Å². The fourth-order valence-electron chi connectivity index (χ4n) is 1.63. The van der Waals surface area contributed by atoms with Gasteiger partial charge >= 0.3 is 0 Å². The Hall–Kier alpha value is -0.520. The molecular formula is C16H32N2O6S2. The van der Waals surface area contributed by atoms with Crippen LogP contribution in [0.15, 0.2) is 0 Å². The Balaban J connectivity index is 3.80. The fraction of sp³-hybridized carbons (Fsp3) is 0.875. The number of amides is 2. The first-order chi connectivity index (χ1) is 12.0. The van der Waals surface area contributed by atoms with Crippen LogP contribution in [0.3, 0.4) is 0 Å². The topological polar surface area (TPSA) is 139 Å². The van der Waals surface area contributed by atoms with Crippen LogP contribution >= 0.6 is 21.6 Å². The van der Waals surface area contributed by atoms with E-state index in [1.807, 2.05) is 0 Å². The van der Waals surface area contributed by atoms with Gasteiger partial charge in [-0.3, -0.25) is 9.59 Å². The van der Waals surface area contributed by atoms with Crippen molar-refractivity contribution in [3.05, 3.63) is 0 Å². The van der Waals surface area contributed by atoms with Gasteiger partial charge in [0.1, 0.15) is 12.2 Å². The number of carbonyl (C=O) groups is 2. The molecule has 2 atom stereocenters. The van der Waals surface area contributed by atoms with E-state index in [1.54, 1.807) is 27.7 Å². The van der Waals surface area contributed by atoms with Gasteiger partial charge in [0, 0.05) is 35.4 Å². The molecule has 0 rings (SSSR count). The van der Waals surface area contributed by atoms with Crippen molar-refractivity contribution >= 4 is 33.4 Å². The van der Waals surface area contributed by atoms with Crippen LogP contribution in [0.4, 0.5) is 0 Å². The lowest BCUT2D eigenvalue weighted by molar-refractivity contribution is -0.137. The molecule has 0 spiro atoms. The molecule has 0 aliphatic heterocycles. The third-order valence-electron chi connectivity index (χ3n) is 3.84. The Kier molecular flexibility index (Phi) is 11.8. The number of aliphatic hydroxyl groups is 4. The maximum Gasteiger partial charge on any atom is 0.249 e. The summed E-state index contributed by atoms with van der Waals surface area (Å²) in [5.41, 5.74) is -1.78. The van der Waals surface area contributed by atoms with Gasteiger partial charge in [-0.05, 0) is 0 Å². The van der Waals surface area contributed by atoms with Crippen LogP contribution in [0.1, 0.15) is 27.7 Å². The Morgan fingerprint density at radius 2 is 1.12 bits per heavy atom. The normalized spacial score (nSPS) is 14.6. The van der Waals surface area contributed by atoms with Crippen LogP contribution < -0.4 is 10.6 Å². The van der Waals surface area contributed by atoms with Crippen molar-refractivity contribution in [2.75, 3.05) is 37.8 Å². The highest BCUT2D eigenvalue weighted by atomic mass is 33.1. The highest BCUT2D eigenvalue weighted by Crippen LogP contribution is 2.22. The molecule has 0 fully saturated rings. The molecule has 0 radical (unpaired) electrons. The molecule has 0 aromatic carbocycles. The molecule has 0 saturated heterocycles. The van der Waals surface area contributed by atoms with Crippen molar-refractivity contribution in [3.63, 3.8) is 0 Å². The van der Waals surface area contributed by atoms with E-state index < -0.39 is 34.9 Å². The van der Waals surface area contributed by atoms with E-state index in [9.17, 15) is 19.8 Å². The molecule has 154 valence electrons. The van der Waals surface area contributed by atoms with Crippen molar-refractivity contribution in [3.8, 4) is 0 Å². The molecule has 0 heterocycles. The van der Waals surface area contributed by atoms with Crippen molar-refractivity contribution in [2.24, 2.45) is 10.8 Å². The van der Waals surface area contributed by atoms with Crippen LogP contribution in [-0.2, 0) is 9.59 Å². The fourth-order valence-corrected chi connectivity index (χ4v) is 3.44. The predicted octanol–water partition coefficient (Wildman–Crippen LogP) is -0.641. The van der Waals surface area contributed by atoms with Gasteiger partial charge in [0.25, 0.3) is 0 Å². The maximum atomic E-state index is 11.8. The molecule has 0 aromatic rings. The second-order valence-corrected chi connectivity index (χ2v) is 10.0. The molecule has 0 aliphatic rings. The number of aliphatic hydroxyl groups excluding tert-OH is 4. The van der Waals surface area contributed by atoms with Crippen LogP contribution in [0.25, 0.3) is 0 Å². The molecule has 26 heavy (non-hydrogen) atoms. The maximum absolute atomic E-state index is 11.8. The summed E-state index contributed by atoms with van der Waals surface area (Å²) in [6, 6.07) is 0. The predicted molar refractivity (Wildman–Crippen MR) is 105 cm³/mol. The lowest BCUT2D eigenvalue weighted by atomic mass is 9.87. The molecule has 0 saturated carbocycles. The minimum Gasteiger partial charge on any atom is -0.396 e. The van der Waals surface area contributed by atoms with Crippen LogP contribution in [0, 0.1) is 10.8 Å². The zero-order valence-corrected chi connectivity index (χ0v) is 17.5. The van der Waals surface area contributed by atoms with Crippen LogP contribution in [0.2, 0.25) is 0 Å². The number of hydrogen-bond donors (Lipinski definition) is 6. The molecule has 6 N–H and O–H groups in total. The van der Waals surface area contributed by atoms with E-state index in [-0.39, 0.29) is 13.2 Å². The van der Waals surface area contributed by atoms with Crippen molar-refractivity contribution in [2.45, 2.75) is 39.9 Å². The molecule has 0 unspecified atom stereocenters. The van der Waals surface area contributed by atoms with Gasteiger partial charge in [0.05, 0.1) is 13.2 Å². The molecule has 10 heteroatoms. The Bertz CT molecular complexity index is 408. The highest BCUT2D eigenvalue weighted by Gasteiger charge is 2.33.